The third kappa shape index (κ3) is 7.34. The summed E-state index contributed by atoms with van der Waals surface area (Å²) < 4.78 is 18.0. The number of aromatic nitrogens is 1. The minimum Gasteiger partial charge on any atom is -0.494 e. The number of ether oxygens (including phenoxy) is 3. The largest absolute Gasteiger partial charge is 0.494 e. The van der Waals surface area contributed by atoms with Crippen LogP contribution < -0.4 is 4.74 Å². The monoisotopic (exact) mass is 526 g/mol. The first-order chi connectivity index (χ1) is 19.2. The first-order valence-electron chi connectivity index (χ1n) is 13.4. The quantitative estimate of drug-likeness (QED) is 0.232. The highest BCUT2D eigenvalue weighted by molar-refractivity contribution is 5.78. The molecule has 1 aliphatic rings. The van der Waals surface area contributed by atoms with Gasteiger partial charge in [-0.25, -0.2) is 4.79 Å². The molecule has 0 radical (unpaired) electrons. The van der Waals surface area contributed by atoms with Crippen LogP contribution in [0.25, 0.3) is 10.9 Å². The molecule has 7 heteroatoms. The van der Waals surface area contributed by atoms with Gasteiger partial charge in [-0.1, -0.05) is 60.7 Å². The fourth-order valence-corrected chi connectivity index (χ4v) is 4.97. The van der Waals surface area contributed by atoms with E-state index in [0.29, 0.717) is 45.9 Å². The Hall–Kier alpha value is -3.94. The average Bonchev–Trinajstić information content (AvgIpc) is 2.98. The Bertz CT molecular complexity index is 1350. The SMILES string of the molecule is O=C(O)N1CCC(c2ccc(OCCCOCc3ccccc3)cc2)C(OCc2ccc3cccnc3c2)C1. The molecule has 7 nitrogen and oxygen atoms in total. The lowest BCUT2D eigenvalue weighted by molar-refractivity contribution is -0.0199. The van der Waals surface area contributed by atoms with Gasteiger partial charge in [0, 0.05) is 30.5 Å². The first-order valence-corrected chi connectivity index (χ1v) is 13.4. The van der Waals surface area contributed by atoms with Crippen molar-refractivity contribution in [2.75, 3.05) is 26.3 Å². The average molecular weight is 527 g/mol. The molecule has 3 aromatic carbocycles. The van der Waals surface area contributed by atoms with Crippen LogP contribution in [0.1, 0.15) is 35.4 Å². The summed E-state index contributed by atoms with van der Waals surface area (Å²) in [7, 11) is 0. The van der Waals surface area contributed by atoms with E-state index in [4.69, 9.17) is 14.2 Å². The fourth-order valence-electron chi connectivity index (χ4n) is 4.97. The van der Waals surface area contributed by atoms with Crippen LogP contribution in [0.15, 0.2) is 91.1 Å². The number of carboxylic acid groups (broad SMARTS) is 1. The van der Waals surface area contributed by atoms with Gasteiger partial charge in [-0.15, -0.1) is 0 Å². The first kappa shape index (κ1) is 26.7. The van der Waals surface area contributed by atoms with Gasteiger partial charge < -0.3 is 24.2 Å². The summed E-state index contributed by atoms with van der Waals surface area (Å²) in [5.41, 5.74) is 4.23. The Morgan fingerprint density at radius 3 is 2.59 bits per heavy atom. The number of pyridine rings is 1. The van der Waals surface area contributed by atoms with Crippen LogP contribution in [0.2, 0.25) is 0 Å². The minimum absolute atomic E-state index is 0.0969. The zero-order chi connectivity index (χ0) is 26.9. The molecular weight excluding hydrogens is 492 g/mol. The van der Waals surface area contributed by atoms with E-state index in [1.165, 1.54) is 10.5 Å². The van der Waals surface area contributed by atoms with Gasteiger partial charge in [-0.05, 0) is 47.4 Å². The number of rotatable bonds is 11. The molecule has 39 heavy (non-hydrogen) atoms. The van der Waals surface area contributed by atoms with E-state index < -0.39 is 6.09 Å². The maximum Gasteiger partial charge on any atom is 0.407 e. The van der Waals surface area contributed by atoms with Gasteiger partial charge in [0.25, 0.3) is 0 Å². The molecule has 2 heterocycles. The molecule has 0 saturated carbocycles. The van der Waals surface area contributed by atoms with Gasteiger partial charge in [0.1, 0.15) is 5.75 Å². The summed E-state index contributed by atoms with van der Waals surface area (Å²) >= 11 is 0. The zero-order valence-electron chi connectivity index (χ0n) is 21.9. The summed E-state index contributed by atoms with van der Waals surface area (Å²) in [6, 6.07) is 28.3. The fraction of sp³-hybridized carbons (Fsp3) is 0.312. The number of fused-ring (bicyclic) bond motifs is 1. The third-order valence-corrected chi connectivity index (χ3v) is 7.09. The number of hydrogen-bond donors (Lipinski definition) is 1. The molecule has 1 fully saturated rings. The van der Waals surface area contributed by atoms with E-state index in [-0.39, 0.29) is 12.0 Å². The molecule has 202 valence electrons. The van der Waals surface area contributed by atoms with Crippen LogP contribution >= 0.6 is 0 Å². The molecule has 1 amide bonds. The van der Waals surface area contributed by atoms with Crippen molar-refractivity contribution >= 4 is 17.0 Å². The maximum atomic E-state index is 11.7. The van der Waals surface area contributed by atoms with Crippen molar-refractivity contribution in [3.63, 3.8) is 0 Å². The zero-order valence-corrected chi connectivity index (χ0v) is 21.9. The molecule has 1 saturated heterocycles. The molecular formula is C32H34N2O5. The van der Waals surface area contributed by atoms with E-state index in [1.54, 1.807) is 6.20 Å². The molecule has 0 bridgehead atoms. The molecule has 2 unspecified atom stereocenters. The Balaban J connectivity index is 1.14. The van der Waals surface area contributed by atoms with Gasteiger partial charge in [0.15, 0.2) is 0 Å². The smallest absolute Gasteiger partial charge is 0.407 e. The van der Waals surface area contributed by atoms with Crippen molar-refractivity contribution in [2.24, 2.45) is 0 Å². The van der Waals surface area contributed by atoms with Crippen LogP contribution in [-0.4, -0.2) is 53.5 Å². The molecule has 1 aliphatic heterocycles. The predicted molar refractivity (Wildman–Crippen MR) is 150 cm³/mol. The summed E-state index contributed by atoms with van der Waals surface area (Å²) in [5.74, 6) is 0.908. The number of benzene rings is 3. The van der Waals surface area contributed by atoms with Crippen molar-refractivity contribution in [1.29, 1.82) is 0 Å². The normalized spacial score (nSPS) is 17.3. The van der Waals surface area contributed by atoms with Crippen molar-refractivity contribution in [3.05, 3.63) is 108 Å². The molecule has 4 aromatic rings. The van der Waals surface area contributed by atoms with Crippen LogP contribution in [0.3, 0.4) is 0 Å². The Kier molecular flexibility index (Phi) is 9.04. The highest BCUT2D eigenvalue weighted by Crippen LogP contribution is 2.32. The van der Waals surface area contributed by atoms with E-state index in [1.807, 2.05) is 60.7 Å². The number of nitrogens with zero attached hydrogens (tertiary/aromatic N) is 2. The number of hydrogen-bond acceptors (Lipinski definition) is 5. The highest BCUT2D eigenvalue weighted by Gasteiger charge is 2.33. The molecule has 2 atom stereocenters. The lowest BCUT2D eigenvalue weighted by Crippen LogP contribution is -2.46. The topological polar surface area (TPSA) is 81.1 Å². The van der Waals surface area contributed by atoms with E-state index >= 15 is 0 Å². The molecule has 0 aliphatic carbocycles. The van der Waals surface area contributed by atoms with Crippen molar-refractivity contribution in [1.82, 2.24) is 9.88 Å². The van der Waals surface area contributed by atoms with Gasteiger partial charge in [-0.3, -0.25) is 4.98 Å². The van der Waals surface area contributed by atoms with Crippen LogP contribution in [-0.2, 0) is 22.7 Å². The Morgan fingerprint density at radius 2 is 1.77 bits per heavy atom. The number of amides is 1. The van der Waals surface area contributed by atoms with Crippen molar-refractivity contribution < 1.29 is 24.1 Å². The lowest BCUT2D eigenvalue weighted by atomic mass is 9.87. The van der Waals surface area contributed by atoms with Crippen LogP contribution in [0, 0.1) is 0 Å². The van der Waals surface area contributed by atoms with E-state index in [2.05, 4.69) is 29.2 Å². The molecule has 0 spiro atoms. The molecule has 5 rings (SSSR count). The minimum atomic E-state index is -0.909. The van der Waals surface area contributed by atoms with Gasteiger partial charge in [0.05, 0.1) is 44.6 Å². The van der Waals surface area contributed by atoms with Crippen molar-refractivity contribution in [3.8, 4) is 5.75 Å². The number of likely N-dealkylation sites (tertiary alicyclic amines) is 1. The van der Waals surface area contributed by atoms with Gasteiger partial charge >= 0.3 is 6.09 Å². The second kappa shape index (κ2) is 13.2. The maximum absolute atomic E-state index is 11.7. The summed E-state index contributed by atoms with van der Waals surface area (Å²) in [4.78, 5) is 17.6. The van der Waals surface area contributed by atoms with E-state index in [0.717, 1.165) is 34.2 Å². The molecule has 1 aromatic heterocycles. The Morgan fingerprint density at radius 1 is 0.923 bits per heavy atom. The number of piperidine rings is 1. The summed E-state index contributed by atoms with van der Waals surface area (Å²) in [6.45, 7) is 3.05. The standard InChI is InChI=1S/C32H34N2O5/c35-32(36)34-17-15-29(31(21-34)39-23-25-9-10-27-8-4-16-33-30(27)20-25)26-11-13-28(14-12-26)38-19-5-18-37-22-24-6-2-1-3-7-24/h1-4,6-14,16,20,29,31H,5,15,17-19,21-23H2,(H,35,36). The highest BCUT2D eigenvalue weighted by atomic mass is 16.5. The molecule has 1 N–H and O–H groups in total. The second-order valence-electron chi connectivity index (χ2n) is 9.81. The summed E-state index contributed by atoms with van der Waals surface area (Å²) in [6.07, 6.45) is 2.14. The Labute approximate surface area is 229 Å². The van der Waals surface area contributed by atoms with Gasteiger partial charge in [-0.2, -0.15) is 0 Å². The second-order valence-corrected chi connectivity index (χ2v) is 9.81. The van der Waals surface area contributed by atoms with Crippen molar-refractivity contribution in [2.45, 2.75) is 38.1 Å². The third-order valence-electron chi connectivity index (χ3n) is 7.09. The predicted octanol–water partition coefficient (Wildman–Crippen LogP) is 6.27. The van der Waals surface area contributed by atoms with Crippen LogP contribution in [0.5, 0.6) is 5.75 Å². The van der Waals surface area contributed by atoms with E-state index in [9.17, 15) is 9.90 Å². The number of carbonyl (C=O) groups is 1. The van der Waals surface area contributed by atoms with Crippen LogP contribution in [0.4, 0.5) is 4.79 Å². The van der Waals surface area contributed by atoms with Gasteiger partial charge in [0.2, 0.25) is 0 Å². The lowest BCUT2D eigenvalue weighted by Gasteiger charge is -2.37. The summed E-state index contributed by atoms with van der Waals surface area (Å²) in [5, 5.41) is 10.7.